The molecule has 0 amide bonds. The van der Waals surface area contributed by atoms with E-state index in [0.29, 0.717) is 11.2 Å². The van der Waals surface area contributed by atoms with Crippen molar-refractivity contribution >= 4 is 21.3 Å². The van der Waals surface area contributed by atoms with Crippen LogP contribution in [0.15, 0.2) is 54.1 Å². The zero-order chi connectivity index (χ0) is 21.5. The minimum absolute atomic E-state index is 0.159. The van der Waals surface area contributed by atoms with E-state index in [1.165, 1.54) is 22.8 Å². The summed E-state index contributed by atoms with van der Waals surface area (Å²) in [7, 11) is -3.74. The Hall–Kier alpha value is -3.47. The Labute approximate surface area is 170 Å². The third-order valence-electron chi connectivity index (χ3n) is 4.39. The highest BCUT2D eigenvalue weighted by molar-refractivity contribution is 7.90. The first kappa shape index (κ1) is 19.8. The fourth-order valence-corrected chi connectivity index (χ4v) is 3.49. The molecule has 8 nitrogen and oxygen atoms in total. The van der Waals surface area contributed by atoms with Crippen molar-refractivity contribution in [3.63, 3.8) is 0 Å². The summed E-state index contributed by atoms with van der Waals surface area (Å²) in [5.74, 6) is -1.25. The molecule has 0 aliphatic rings. The van der Waals surface area contributed by atoms with Crippen molar-refractivity contribution in [2.75, 3.05) is 11.6 Å². The Morgan fingerprint density at radius 1 is 1.17 bits per heavy atom. The van der Waals surface area contributed by atoms with Crippen molar-refractivity contribution in [1.29, 1.82) is 0 Å². The molecular formula is C19H16F2N6O2S. The van der Waals surface area contributed by atoms with Crippen molar-refractivity contribution < 1.29 is 17.2 Å². The van der Waals surface area contributed by atoms with E-state index in [1.807, 2.05) is 0 Å². The first-order chi connectivity index (χ1) is 14.2. The topological polar surface area (TPSA) is 102 Å². The standard InChI is InChI=1S/C19H16F2N6O2S/c1-11(13-5-4-12(20)8-15(13)21)24-17-9-16(25-19(26-17)30(2,28)29)14-10-23-27-7-3-6-22-18(14)27/h3-11H,1-2H3,(H,24,25,26)/t11-/m0/s1. The molecule has 4 rings (SSSR count). The lowest BCUT2D eigenvalue weighted by Crippen LogP contribution is -2.13. The number of nitrogens with one attached hydrogen (secondary N) is 1. The van der Waals surface area contributed by atoms with Crippen LogP contribution in [0, 0.1) is 11.6 Å². The number of nitrogens with zero attached hydrogens (tertiary/aromatic N) is 5. The second-order valence-electron chi connectivity index (χ2n) is 6.67. The summed E-state index contributed by atoms with van der Waals surface area (Å²) < 4.78 is 53.1. The van der Waals surface area contributed by atoms with Gasteiger partial charge in [-0.05, 0) is 19.1 Å². The van der Waals surface area contributed by atoms with Crippen molar-refractivity contribution in [1.82, 2.24) is 24.6 Å². The maximum atomic E-state index is 14.1. The highest BCUT2D eigenvalue weighted by Gasteiger charge is 2.19. The summed E-state index contributed by atoms with van der Waals surface area (Å²) in [6.07, 6.45) is 5.79. The molecule has 11 heteroatoms. The molecule has 0 radical (unpaired) electrons. The zero-order valence-electron chi connectivity index (χ0n) is 15.9. The Morgan fingerprint density at radius 3 is 2.70 bits per heavy atom. The fourth-order valence-electron chi connectivity index (χ4n) is 2.96. The van der Waals surface area contributed by atoms with Crippen LogP contribution in [0.2, 0.25) is 0 Å². The number of benzene rings is 1. The Balaban J connectivity index is 1.79. The summed E-state index contributed by atoms with van der Waals surface area (Å²) in [5, 5.41) is 6.74. The van der Waals surface area contributed by atoms with Gasteiger partial charge in [-0.1, -0.05) is 6.07 Å². The largest absolute Gasteiger partial charge is 0.363 e. The van der Waals surface area contributed by atoms with Crippen LogP contribution in [0.4, 0.5) is 14.6 Å². The molecule has 0 spiro atoms. The van der Waals surface area contributed by atoms with E-state index < -0.39 is 32.7 Å². The van der Waals surface area contributed by atoms with E-state index in [4.69, 9.17) is 0 Å². The Bertz CT molecular complexity index is 1360. The van der Waals surface area contributed by atoms with Crippen LogP contribution in [-0.2, 0) is 9.84 Å². The summed E-state index contributed by atoms with van der Waals surface area (Å²) in [4.78, 5) is 12.5. The fraction of sp³-hybridized carbons (Fsp3) is 0.158. The molecule has 3 aromatic heterocycles. The molecule has 30 heavy (non-hydrogen) atoms. The van der Waals surface area contributed by atoms with Gasteiger partial charge in [0.1, 0.15) is 17.5 Å². The molecule has 0 unspecified atom stereocenters. The number of fused-ring (bicyclic) bond motifs is 1. The molecule has 0 aliphatic carbocycles. The van der Waals surface area contributed by atoms with Crippen molar-refractivity contribution in [2.24, 2.45) is 0 Å². The number of halogens is 2. The monoisotopic (exact) mass is 430 g/mol. The number of hydrogen-bond acceptors (Lipinski definition) is 7. The summed E-state index contributed by atoms with van der Waals surface area (Å²) >= 11 is 0. The lowest BCUT2D eigenvalue weighted by molar-refractivity contribution is 0.565. The average molecular weight is 430 g/mol. The summed E-state index contributed by atoms with van der Waals surface area (Å²) in [5.41, 5.74) is 1.48. The van der Waals surface area contributed by atoms with Crippen LogP contribution in [0.1, 0.15) is 18.5 Å². The predicted octanol–water partition coefficient (Wildman–Crippen LogP) is 3.04. The molecule has 1 atom stereocenters. The molecule has 0 saturated carbocycles. The van der Waals surface area contributed by atoms with E-state index in [2.05, 4.69) is 25.4 Å². The third-order valence-corrected chi connectivity index (χ3v) is 5.23. The first-order valence-corrected chi connectivity index (χ1v) is 10.7. The number of sulfone groups is 1. The van der Waals surface area contributed by atoms with Gasteiger partial charge in [-0.3, -0.25) is 0 Å². The van der Waals surface area contributed by atoms with Crippen LogP contribution < -0.4 is 5.32 Å². The van der Waals surface area contributed by atoms with E-state index in [1.54, 1.807) is 25.4 Å². The maximum Gasteiger partial charge on any atom is 0.249 e. The molecule has 0 saturated heterocycles. The zero-order valence-corrected chi connectivity index (χ0v) is 16.7. The predicted molar refractivity (Wildman–Crippen MR) is 106 cm³/mol. The van der Waals surface area contributed by atoms with E-state index >= 15 is 0 Å². The van der Waals surface area contributed by atoms with Gasteiger partial charge in [0.05, 0.1) is 23.5 Å². The molecule has 4 aromatic rings. The molecule has 1 aromatic carbocycles. The molecule has 3 heterocycles. The van der Waals surface area contributed by atoms with Gasteiger partial charge >= 0.3 is 0 Å². The molecule has 0 aliphatic heterocycles. The molecule has 0 fully saturated rings. The van der Waals surface area contributed by atoms with Crippen molar-refractivity contribution in [3.05, 3.63) is 66.1 Å². The van der Waals surface area contributed by atoms with Gasteiger partial charge in [0.2, 0.25) is 15.0 Å². The average Bonchev–Trinajstić information content (AvgIpc) is 3.11. The van der Waals surface area contributed by atoms with E-state index in [-0.39, 0.29) is 17.1 Å². The van der Waals surface area contributed by atoms with Crippen molar-refractivity contribution in [2.45, 2.75) is 18.1 Å². The second kappa shape index (κ2) is 7.41. The minimum atomic E-state index is -3.74. The third kappa shape index (κ3) is 3.83. The molecule has 154 valence electrons. The van der Waals surface area contributed by atoms with Crippen LogP contribution in [0.25, 0.3) is 16.9 Å². The quantitative estimate of drug-likeness (QED) is 0.486. The van der Waals surface area contributed by atoms with E-state index in [9.17, 15) is 17.2 Å². The highest BCUT2D eigenvalue weighted by atomic mass is 32.2. The summed E-state index contributed by atoms with van der Waals surface area (Å²) in [6, 6.07) is 5.86. The maximum absolute atomic E-state index is 14.1. The normalized spacial score (nSPS) is 12.8. The van der Waals surface area contributed by atoms with Gasteiger partial charge in [0, 0.05) is 36.3 Å². The smallest absolute Gasteiger partial charge is 0.249 e. The molecule has 1 N–H and O–H groups in total. The molecule has 0 bridgehead atoms. The summed E-state index contributed by atoms with van der Waals surface area (Å²) in [6.45, 7) is 1.65. The second-order valence-corrected chi connectivity index (χ2v) is 8.58. The highest BCUT2D eigenvalue weighted by Crippen LogP contribution is 2.27. The molecular weight excluding hydrogens is 414 g/mol. The van der Waals surface area contributed by atoms with Gasteiger partial charge in [-0.2, -0.15) is 5.10 Å². The van der Waals surface area contributed by atoms with Crippen LogP contribution >= 0.6 is 0 Å². The van der Waals surface area contributed by atoms with Crippen LogP contribution in [0.5, 0.6) is 0 Å². The minimum Gasteiger partial charge on any atom is -0.363 e. The van der Waals surface area contributed by atoms with Crippen molar-refractivity contribution in [3.8, 4) is 11.3 Å². The number of rotatable bonds is 5. The first-order valence-electron chi connectivity index (χ1n) is 8.82. The lowest BCUT2D eigenvalue weighted by atomic mass is 10.1. The van der Waals surface area contributed by atoms with Gasteiger partial charge in [0.15, 0.2) is 5.65 Å². The van der Waals surface area contributed by atoms with Gasteiger partial charge in [0.25, 0.3) is 0 Å². The van der Waals surface area contributed by atoms with Crippen LogP contribution in [0.3, 0.4) is 0 Å². The van der Waals surface area contributed by atoms with Crippen LogP contribution in [-0.4, -0.2) is 39.2 Å². The van der Waals surface area contributed by atoms with Gasteiger partial charge in [-0.15, -0.1) is 0 Å². The lowest BCUT2D eigenvalue weighted by Gasteiger charge is -2.16. The van der Waals surface area contributed by atoms with Gasteiger partial charge < -0.3 is 5.32 Å². The number of anilines is 1. The Kier molecular flexibility index (Phi) is 4.90. The number of hydrogen-bond donors (Lipinski definition) is 1. The Morgan fingerprint density at radius 2 is 1.97 bits per heavy atom. The van der Waals surface area contributed by atoms with E-state index in [0.717, 1.165) is 18.4 Å². The number of aromatic nitrogens is 5. The van der Waals surface area contributed by atoms with Gasteiger partial charge in [-0.25, -0.2) is 36.7 Å². The SMILES string of the molecule is C[C@H](Nc1cc(-c2cnn3cccnc23)nc(S(C)(=O)=O)n1)c1ccc(F)cc1F.